The summed E-state index contributed by atoms with van der Waals surface area (Å²) in [6, 6.07) is 11.0. The second-order valence-corrected chi connectivity index (χ2v) is 8.09. The van der Waals surface area contributed by atoms with Crippen molar-refractivity contribution in [1.29, 1.82) is 0 Å². The lowest BCUT2D eigenvalue weighted by Gasteiger charge is -2.06. The lowest BCUT2D eigenvalue weighted by atomic mass is 10.1. The van der Waals surface area contributed by atoms with Crippen LogP contribution in [0.4, 0.5) is 0 Å². The Hall–Kier alpha value is -3.27. The molecule has 0 aliphatic heterocycles. The van der Waals surface area contributed by atoms with Crippen molar-refractivity contribution in [2.24, 2.45) is 0 Å². The molecule has 29 heavy (non-hydrogen) atoms. The summed E-state index contributed by atoms with van der Waals surface area (Å²) in [5.41, 5.74) is 1.78. The number of aromatic nitrogens is 3. The Balaban J connectivity index is 1.45. The summed E-state index contributed by atoms with van der Waals surface area (Å²) in [5.74, 6) is 0.944. The zero-order chi connectivity index (χ0) is 20.7. The SMILES string of the molecule is CS(=O)(=O)NC(=O)CCCc1ccc(OCc2nc(-c3cccnc3)no2)cc1. The summed E-state index contributed by atoms with van der Waals surface area (Å²) in [6.45, 7) is 0.137. The van der Waals surface area contributed by atoms with E-state index in [4.69, 9.17) is 9.26 Å². The summed E-state index contributed by atoms with van der Waals surface area (Å²) in [7, 11) is -3.50. The molecule has 0 fully saturated rings. The van der Waals surface area contributed by atoms with Crippen LogP contribution < -0.4 is 9.46 Å². The minimum Gasteiger partial charge on any atom is -0.484 e. The van der Waals surface area contributed by atoms with Gasteiger partial charge in [0.25, 0.3) is 5.89 Å². The lowest BCUT2D eigenvalue weighted by Crippen LogP contribution is -2.29. The average molecular weight is 416 g/mol. The van der Waals surface area contributed by atoms with Crippen molar-refractivity contribution >= 4 is 15.9 Å². The molecule has 0 aliphatic carbocycles. The Morgan fingerprint density at radius 1 is 1.21 bits per heavy atom. The van der Waals surface area contributed by atoms with Gasteiger partial charge in [-0.2, -0.15) is 4.98 Å². The van der Waals surface area contributed by atoms with Crippen LogP contribution in [0.15, 0.2) is 53.3 Å². The summed E-state index contributed by atoms with van der Waals surface area (Å²) < 4.78 is 34.8. The molecule has 0 saturated carbocycles. The van der Waals surface area contributed by atoms with Gasteiger partial charge in [0, 0.05) is 24.4 Å². The van der Waals surface area contributed by atoms with Gasteiger partial charge in [0.1, 0.15) is 5.75 Å². The van der Waals surface area contributed by atoms with E-state index in [1.165, 1.54) is 0 Å². The topological polar surface area (TPSA) is 124 Å². The first-order valence-corrected chi connectivity index (χ1v) is 10.7. The maximum absolute atomic E-state index is 11.5. The Labute approximate surface area is 168 Å². The maximum Gasteiger partial charge on any atom is 0.264 e. The zero-order valence-electron chi connectivity index (χ0n) is 15.7. The molecule has 1 amide bonds. The van der Waals surface area contributed by atoms with E-state index in [2.05, 4.69) is 15.1 Å². The molecule has 0 bridgehead atoms. The van der Waals surface area contributed by atoms with Gasteiger partial charge in [-0.3, -0.25) is 14.5 Å². The van der Waals surface area contributed by atoms with E-state index in [-0.39, 0.29) is 13.0 Å². The molecular formula is C19H20N4O5S. The number of carbonyl (C=O) groups is 1. The molecule has 1 aromatic carbocycles. The van der Waals surface area contributed by atoms with Crippen LogP contribution in [-0.4, -0.2) is 35.7 Å². The van der Waals surface area contributed by atoms with Crippen molar-refractivity contribution in [3.8, 4) is 17.1 Å². The molecule has 2 heterocycles. The van der Waals surface area contributed by atoms with Crippen molar-refractivity contribution in [1.82, 2.24) is 19.8 Å². The summed E-state index contributed by atoms with van der Waals surface area (Å²) >= 11 is 0. The highest BCUT2D eigenvalue weighted by molar-refractivity contribution is 7.89. The first kappa shape index (κ1) is 20.5. The van der Waals surface area contributed by atoms with Gasteiger partial charge in [-0.15, -0.1) is 0 Å². The van der Waals surface area contributed by atoms with Crippen LogP contribution in [0.3, 0.4) is 0 Å². The second-order valence-electron chi connectivity index (χ2n) is 6.34. The third-order valence-corrected chi connectivity index (χ3v) is 4.44. The van der Waals surface area contributed by atoms with Crippen LogP contribution >= 0.6 is 0 Å². The van der Waals surface area contributed by atoms with Crippen LogP contribution in [0.2, 0.25) is 0 Å². The quantitative estimate of drug-likeness (QED) is 0.562. The fourth-order valence-corrected chi connectivity index (χ4v) is 3.05. The van der Waals surface area contributed by atoms with Crippen molar-refractivity contribution in [3.05, 3.63) is 60.2 Å². The largest absolute Gasteiger partial charge is 0.484 e. The Morgan fingerprint density at radius 2 is 2.00 bits per heavy atom. The monoisotopic (exact) mass is 416 g/mol. The normalized spacial score (nSPS) is 11.2. The van der Waals surface area contributed by atoms with Gasteiger partial charge in [-0.25, -0.2) is 8.42 Å². The highest BCUT2D eigenvalue weighted by Gasteiger charge is 2.10. The molecule has 10 heteroatoms. The molecular weight excluding hydrogens is 396 g/mol. The van der Waals surface area contributed by atoms with E-state index in [0.29, 0.717) is 30.3 Å². The summed E-state index contributed by atoms with van der Waals surface area (Å²) in [6.07, 6.45) is 5.61. The van der Waals surface area contributed by atoms with Crippen molar-refractivity contribution in [2.75, 3.05) is 6.26 Å². The Kier molecular flexibility index (Phi) is 6.55. The summed E-state index contributed by atoms with van der Waals surface area (Å²) in [4.78, 5) is 19.8. The fourth-order valence-electron chi connectivity index (χ4n) is 2.53. The number of carbonyl (C=O) groups excluding carboxylic acids is 1. The van der Waals surface area contributed by atoms with Crippen molar-refractivity contribution < 1.29 is 22.5 Å². The van der Waals surface area contributed by atoms with Gasteiger partial charge in [0.2, 0.25) is 21.8 Å². The number of nitrogens with one attached hydrogen (secondary N) is 1. The number of benzene rings is 1. The van der Waals surface area contributed by atoms with Crippen LogP contribution in [0, 0.1) is 0 Å². The van der Waals surface area contributed by atoms with Crippen molar-refractivity contribution in [3.63, 3.8) is 0 Å². The molecule has 3 aromatic rings. The number of aryl methyl sites for hydroxylation is 1. The van der Waals surface area contributed by atoms with Gasteiger partial charge in [-0.1, -0.05) is 17.3 Å². The maximum atomic E-state index is 11.5. The first-order chi connectivity index (χ1) is 13.9. The number of pyridine rings is 1. The molecule has 9 nitrogen and oxygen atoms in total. The molecule has 1 N–H and O–H groups in total. The molecule has 0 radical (unpaired) electrons. The fraction of sp³-hybridized carbons (Fsp3) is 0.263. The molecule has 0 unspecified atom stereocenters. The third-order valence-electron chi connectivity index (χ3n) is 3.84. The van der Waals surface area contributed by atoms with E-state index >= 15 is 0 Å². The predicted octanol–water partition coefficient (Wildman–Crippen LogP) is 2.11. The van der Waals surface area contributed by atoms with E-state index in [1.54, 1.807) is 18.5 Å². The molecule has 152 valence electrons. The lowest BCUT2D eigenvalue weighted by molar-refractivity contribution is -0.119. The van der Waals surface area contributed by atoms with Gasteiger partial charge in [0.15, 0.2) is 6.61 Å². The minimum absolute atomic E-state index is 0.137. The number of sulfonamides is 1. The van der Waals surface area contributed by atoms with Gasteiger partial charge < -0.3 is 9.26 Å². The number of nitrogens with zero attached hydrogens (tertiary/aromatic N) is 3. The summed E-state index contributed by atoms with van der Waals surface area (Å²) in [5, 5.41) is 3.91. The molecule has 0 aliphatic rings. The molecule has 0 atom stereocenters. The van der Waals surface area contributed by atoms with E-state index < -0.39 is 15.9 Å². The zero-order valence-corrected chi connectivity index (χ0v) is 16.6. The minimum atomic E-state index is -3.50. The number of rotatable bonds is 9. The third kappa shape index (κ3) is 6.68. The Bertz CT molecular complexity index is 1050. The first-order valence-electron chi connectivity index (χ1n) is 8.84. The van der Waals surface area contributed by atoms with Crippen LogP contribution in [0.1, 0.15) is 24.3 Å². The molecule has 2 aromatic heterocycles. The second kappa shape index (κ2) is 9.28. The van der Waals surface area contributed by atoms with Crippen molar-refractivity contribution in [2.45, 2.75) is 25.9 Å². The van der Waals surface area contributed by atoms with E-state index in [1.807, 2.05) is 35.1 Å². The van der Waals surface area contributed by atoms with Crippen LogP contribution in [0.5, 0.6) is 5.75 Å². The standard InChI is InChI=1S/C19H20N4O5S/c1-29(25,26)23-17(24)6-2-4-14-7-9-16(10-8-14)27-13-18-21-19(22-28-18)15-5-3-11-20-12-15/h3,5,7-12H,2,4,6,13H2,1H3,(H,23,24). The van der Waals surface area contributed by atoms with Crippen LogP contribution in [-0.2, 0) is 27.8 Å². The molecule has 0 spiro atoms. The molecule has 0 saturated heterocycles. The highest BCUT2D eigenvalue weighted by atomic mass is 32.2. The number of hydrogen-bond donors (Lipinski definition) is 1. The highest BCUT2D eigenvalue weighted by Crippen LogP contribution is 2.17. The van der Waals surface area contributed by atoms with E-state index in [0.717, 1.165) is 17.4 Å². The number of hydrogen-bond acceptors (Lipinski definition) is 8. The number of ether oxygens (including phenoxy) is 1. The van der Waals surface area contributed by atoms with Crippen LogP contribution in [0.25, 0.3) is 11.4 Å². The Morgan fingerprint density at radius 3 is 2.69 bits per heavy atom. The van der Waals surface area contributed by atoms with Gasteiger partial charge in [-0.05, 0) is 42.7 Å². The van der Waals surface area contributed by atoms with Gasteiger partial charge in [0.05, 0.1) is 6.26 Å². The average Bonchev–Trinajstić information content (AvgIpc) is 3.16. The number of amides is 1. The predicted molar refractivity (Wildman–Crippen MR) is 104 cm³/mol. The van der Waals surface area contributed by atoms with E-state index in [9.17, 15) is 13.2 Å². The smallest absolute Gasteiger partial charge is 0.264 e. The van der Waals surface area contributed by atoms with Gasteiger partial charge >= 0.3 is 0 Å². The molecule has 3 rings (SSSR count).